The van der Waals surface area contributed by atoms with Crippen molar-refractivity contribution in [3.8, 4) is 0 Å². The van der Waals surface area contributed by atoms with Crippen LogP contribution >= 0.6 is 0 Å². The van der Waals surface area contributed by atoms with Gasteiger partial charge < -0.3 is 20.9 Å². The Morgan fingerprint density at radius 2 is 2.05 bits per heavy atom. The maximum absolute atomic E-state index is 10.1. The fourth-order valence-electron chi connectivity index (χ4n) is 2.94. The molecule has 5 heteroatoms. The van der Waals surface area contributed by atoms with E-state index in [1.807, 2.05) is 0 Å². The lowest BCUT2D eigenvalue weighted by Crippen LogP contribution is -2.38. The van der Waals surface area contributed by atoms with Gasteiger partial charge in [0.05, 0.1) is 18.8 Å². The number of aliphatic imine (C=N–C) groups is 1. The summed E-state index contributed by atoms with van der Waals surface area (Å²) in [5.41, 5.74) is 5.80. The highest BCUT2D eigenvalue weighted by atomic mass is 16.5. The number of hydrogen-bond acceptors (Lipinski definition) is 3. The summed E-state index contributed by atoms with van der Waals surface area (Å²) in [5.74, 6) is 0.828. The second kappa shape index (κ2) is 7.70. The lowest BCUT2D eigenvalue weighted by molar-refractivity contribution is 0.0923. The molecule has 2 unspecified atom stereocenters. The first-order valence-corrected chi connectivity index (χ1v) is 7.59. The van der Waals surface area contributed by atoms with E-state index in [4.69, 9.17) is 10.5 Å². The number of guanidine groups is 1. The van der Waals surface area contributed by atoms with Gasteiger partial charge in [0.2, 0.25) is 0 Å². The van der Waals surface area contributed by atoms with Gasteiger partial charge in [-0.1, -0.05) is 19.3 Å². The number of nitrogens with one attached hydrogen (secondary N) is 1. The van der Waals surface area contributed by atoms with E-state index in [0.717, 1.165) is 38.8 Å². The van der Waals surface area contributed by atoms with E-state index in [1.54, 1.807) is 0 Å². The third-order valence-electron chi connectivity index (χ3n) is 4.18. The first-order chi connectivity index (χ1) is 9.25. The molecule has 0 aromatic rings. The van der Waals surface area contributed by atoms with Gasteiger partial charge in [0.1, 0.15) is 0 Å². The van der Waals surface area contributed by atoms with Gasteiger partial charge in [0.15, 0.2) is 5.96 Å². The number of nitrogens with two attached hydrogens (primary N) is 1. The Hall–Kier alpha value is -0.810. The smallest absolute Gasteiger partial charge is 0.188 e. The molecule has 4 N–H and O–H groups in total. The van der Waals surface area contributed by atoms with Crippen molar-refractivity contribution in [2.75, 3.05) is 19.7 Å². The van der Waals surface area contributed by atoms with Crippen LogP contribution in [0.2, 0.25) is 0 Å². The van der Waals surface area contributed by atoms with Crippen LogP contribution in [0.5, 0.6) is 0 Å². The van der Waals surface area contributed by atoms with Gasteiger partial charge in [-0.15, -0.1) is 0 Å². The van der Waals surface area contributed by atoms with Gasteiger partial charge in [-0.05, 0) is 31.6 Å². The van der Waals surface area contributed by atoms with Crippen molar-refractivity contribution in [2.24, 2.45) is 16.6 Å². The lowest BCUT2D eigenvalue weighted by Gasteiger charge is -2.25. The van der Waals surface area contributed by atoms with E-state index in [0.29, 0.717) is 18.4 Å². The Morgan fingerprint density at radius 1 is 1.26 bits per heavy atom. The highest BCUT2D eigenvalue weighted by Crippen LogP contribution is 2.26. The molecule has 0 aromatic carbocycles. The second-order valence-corrected chi connectivity index (χ2v) is 5.71. The standard InChI is InChI=1S/C14H27N3O2/c15-14(16-9-12-7-4-8-19-12)17-10-13(18)11-5-2-1-3-6-11/h11-13,18H,1-10H2,(H3,15,16,17). The normalized spacial score (nSPS) is 27.4. The zero-order chi connectivity index (χ0) is 13.5. The zero-order valence-electron chi connectivity index (χ0n) is 11.7. The number of hydrogen-bond donors (Lipinski definition) is 3. The number of nitrogens with zero attached hydrogens (tertiary/aromatic N) is 1. The molecule has 2 rings (SSSR count). The highest BCUT2D eigenvalue weighted by Gasteiger charge is 2.21. The molecule has 19 heavy (non-hydrogen) atoms. The van der Waals surface area contributed by atoms with Crippen LogP contribution < -0.4 is 11.1 Å². The largest absolute Gasteiger partial charge is 0.391 e. The van der Waals surface area contributed by atoms with E-state index in [-0.39, 0.29) is 12.2 Å². The van der Waals surface area contributed by atoms with Crippen LogP contribution in [0.1, 0.15) is 44.9 Å². The van der Waals surface area contributed by atoms with Crippen molar-refractivity contribution < 1.29 is 9.84 Å². The van der Waals surface area contributed by atoms with Crippen molar-refractivity contribution in [1.82, 2.24) is 5.32 Å². The number of rotatable bonds is 5. The maximum atomic E-state index is 10.1. The van der Waals surface area contributed by atoms with Crippen LogP contribution in [0.3, 0.4) is 0 Å². The number of ether oxygens (including phenoxy) is 1. The molecular formula is C14H27N3O2. The molecular weight excluding hydrogens is 242 g/mol. The molecule has 1 saturated heterocycles. The summed E-state index contributed by atoms with van der Waals surface area (Å²) in [4.78, 5) is 4.24. The quantitative estimate of drug-likeness (QED) is 0.514. The van der Waals surface area contributed by atoms with Gasteiger partial charge in [0, 0.05) is 13.2 Å². The van der Waals surface area contributed by atoms with Crippen LogP contribution in [0.15, 0.2) is 4.99 Å². The molecule has 5 nitrogen and oxygen atoms in total. The summed E-state index contributed by atoms with van der Waals surface area (Å²) in [6, 6.07) is 0. The first kappa shape index (κ1) is 14.6. The summed E-state index contributed by atoms with van der Waals surface area (Å²) in [5, 5.41) is 13.2. The highest BCUT2D eigenvalue weighted by molar-refractivity contribution is 5.77. The van der Waals surface area contributed by atoms with Crippen molar-refractivity contribution in [2.45, 2.75) is 57.2 Å². The van der Waals surface area contributed by atoms with Crippen LogP contribution in [0.25, 0.3) is 0 Å². The third-order valence-corrected chi connectivity index (χ3v) is 4.18. The van der Waals surface area contributed by atoms with E-state index < -0.39 is 0 Å². The minimum absolute atomic E-state index is 0.261. The predicted octanol–water partition coefficient (Wildman–Crippen LogP) is 1.01. The van der Waals surface area contributed by atoms with Gasteiger partial charge in [-0.25, -0.2) is 0 Å². The van der Waals surface area contributed by atoms with Crippen molar-refractivity contribution >= 4 is 5.96 Å². The Balaban J connectivity index is 1.64. The maximum Gasteiger partial charge on any atom is 0.188 e. The number of aliphatic hydroxyl groups excluding tert-OH is 1. The summed E-state index contributed by atoms with van der Waals surface area (Å²) in [6.07, 6.45) is 8.16. The van der Waals surface area contributed by atoms with Gasteiger partial charge in [-0.2, -0.15) is 0 Å². The SMILES string of the molecule is NC(=NCC(O)C1CCCCC1)NCC1CCCO1. The lowest BCUT2D eigenvalue weighted by atomic mass is 9.85. The molecule has 0 aromatic heterocycles. The molecule has 2 fully saturated rings. The molecule has 0 spiro atoms. The van der Waals surface area contributed by atoms with E-state index in [1.165, 1.54) is 19.3 Å². The van der Waals surface area contributed by atoms with E-state index >= 15 is 0 Å². The molecule has 1 aliphatic carbocycles. The van der Waals surface area contributed by atoms with Crippen molar-refractivity contribution in [1.29, 1.82) is 0 Å². The number of aliphatic hydroxyl groups is 1. The predicted molar refractivity (Wildman–Crippen MR) is 76.0 cm³/mol. The monoisotopic (exact) mass is 269 g/mol. The average molecular weight is 269 g/mol. The molecule has 1 heterocycles. The topological polar surface area (TPSA) is 79.9 Å². The minimum Gasteiger partial charge on any atom is -0.391 e. The van der Waals surface area contributed by atoms with E-state index in [2.05, 4.69) is 10.3 Å². The molecule has 110 valence electrons. The summed E-state index contributed by atoms with van der Waals surface area (Å²) in [6.45, 7) is 1.98. The van der Waals surface area contributed by atoms with Crippen molar-refractivity contribution in [3.63, 3.8) is 0 Å². The molecule has 1 aliphatic heterocycles. The molecule has 2 atom stereocenters. The average Bonchev–Trinajstić information content (AvgIpc) is 2.96. The summed E-state index contributed by atoms with van der Waals surface area (Å²) >= 11 is 0. The first-order valence-electron chi connectivity index (χ1n) is 7.59. The Bertz CT molecular complexity index is 284. The third kappa shape index (κ3) is 4.99. The van der Waals surface area contributed by atoms with Crippen LogP contribution in [0.4, 0.5) is 0 Å². The van der Waals surface area contributed by atoms with Gasteiger partial charge >= 0.3 is 0 Å². The fraction of sp³-hybridized carbons (Fsp3) is 0.929. The minimum atomic E-state index is -0.344. The van der Waals surface area contributed by atoms with Crippen LogP contribution in [0, 0.1) is 5.92 Å². The van der Waals surface area contributed by atoms with Gasteiger partial charge in [-0.3, -0.25) is 4.99 Å². The van der Waals surface area contributed by atoms with Crippen molar-refractivity contribution in [3.05, 3.63) is 0 Å². The zero-order valence-corrected chi connectivity index (χ0v) is 11.7. The summed E-state index contributed by atoms with van der Waals surface area (Å²) < 4.78 is 5.50. The second-order valence-electron chi connectivity index (χ2n) is 5.71. The van der Waals surface area contributed by atoms with Crippen LogP contribution in [-0.2, 0) is 4.74 Å². The Morgan fingerprint density at radius 3 is 2.74 bits per heavy atom. The van der Waals surface area contributed by atoms with E-state index in [9.17, 15) is 5.11 Å². The Kier molecular flexibility index (Phi) is 5.92. The van der Waals surface area contributed by atoms with Crippen LogP contribution in [-0.4, -0.2) is 43.0 Å². The molecule has 2 aliphatic rings. The fourth-order valence-corrected chi connectivity index (χ4v) is 2.94. The molecule has 0 radical (unpaired) electrons. The van der Waals surface area contributed by atoms with Gasteiger partial charge in [0.25, 0.3) is 0 Å². The Labute approximate surface area is 115 Å². The molecule has 1 saturated carbocycles. The summed E-state index contributed by atoms with van der Waals surface area (Å²) in [7, 11) is 0. The molecule has 0 bridgehead atoms. The molecule has 0 amide bonds.